The Morgan fingerprint density at radius 2 is 2.12 bits per heavy atom. The average Bonchev–Trinajstić information content (AvgIpc) is 1.67. The fraction of sp³-hybridized carbons (Fsp3) is 1.00. The van der Waals surface area contributed by atoms with E-state index in [0.29, 0.717) is 0 Å². The van der Waals surface area contributed by atoms with Gasteiger partial charge in [-0.1, -0.05) is 0 Å². The quantitative estimate of drug-likeness (QED) is 0.549. The van der Waals surface area contributed by atoms with Gasteiger partial charge in [0.05, 0.1) is 0 Å². The summed E-state index contributed by atoms with van der Waals surface area (Å²) in [5.74, 6) is 0. The lowest BCUT2D eigenvalue weighted by Gasteiger charge is -2.06. The minimum absolute atomic E-state index is 0.0579. The van der Waals surface area contributed by atoms with Crippen LogP contribution in [0, 0.1) is 0 Å². The Bertz CT molecular complexity index is 60.0. The lowest BCUT2D eigenvalue weighted by molar-refractivity contribution is -0.00226. The van der Waals surface area contributed by atoms with Gasteiger partial charge in [-0.05, 0) is 7.05 Å². The van der Waals surface area contributed by atoms with Crippen molar-refractivity contribution >= 4 is 0 Å². The summed E-state index contributed by atoms with van der Waals surface area (Å²) in [5, 5.41) is 10.7. The first kappa shape index (κ1) is 7.78. The third kappa shape index (κ3) is 2.87. The van der Waals surface area contributed by atoms with Gasteiger partial charge in [-0.2, -0.15) is 0 Å². The summed E-state index contributed by atoms with van der Waals surface area (Å²) in [6.45, 7) is -0.0579. The molecule has 0 aromatic carbocycles. The van der Waals surface area contributed by atoms with E-state index < -0.39 is 12.5 Å². The number of halogens is 2. The van der Waals surface area contributed by atoms with Crippen LogP contribution >= 0.6 is 0 Å². The van der Waals surface area contributed by atoms with Crippen molar-refractivity contribution in [3.63, 3.8) is 0 Å². The fourth-order valence-corrected chi connectivity index (χ4v) is 0.298. The standard InChI is InChI=1S/C4H9F2NO/c1-7-2-3(8)4(5)6/h3-4,7-8H,2H2,1H3. The molecule has 2 N–H and O–H groups in total. The van der Waals surface area contributed by atoms with Crippen LogP contribution in [-0.4, -0.2) is 31.2 Å². The molecule has 0 heterocycles. The molecule has 0 spiro atoms. The molecule has 8 heavy (non-hydrogen) atoms. The molecule has 4 heteroatoms. The molecule has 0 rings (SSSR count). The van der Waals surface area contributed by atoms with E-state index in [0.717, 1.165) is 0 Å². The molecule has 2 nitrogen and oxygen atoms in total. The normalized spacial score (nSPS) is 14.6. The van der Waals surface area contributed by atoms with E-state index in [9.17, 15) is 8.78 Å². The maximum Gasteiger partial charge on any atom is 0.265 e. The minimum atomic E-state index is -2.64. The van der Waals surface area contributed by atoms with Crippen LogP contribution in [0.15, 0.2) is 0 Å². The predicted molar refractivity (Wildman–Crippen MR) is 25.9 cm³/mol. The number of hydrogen-bond acceptors (Lipinski definition) is 2. The SMILES string of the molecule is CNCC(O)C(F)F. The summed E-state index contributed by atoms with van der Waals surface area (Å²) in [6, 6.07) is 0. The lowest BCUT2D eigenvalue weighted by atomic mass is 10.4. The summed E-state index contributed by atoms with van der Waals surface area (Å²) >= 11 is 0. The third-order valence-corrected chi connectivity index (χ3v) is 0.704. The largest absolute Gasteiger partial charge is 0.386 e. The Morgan fingerprint density at radius 1 is 1.62 bits per heavy atom. The van der Waals surface area contributed by atoms with Crippen LogP contribution < -0.4 is 5.32 Å². The second-order valence-corrected chi connectivity index (χ2v) is 1.46. The highest BCUT2D eigenvalue weighted by molar-refractivity contribution is 4.57. The van der Waals surface area contributed by atoms with Crippen LogP contribution in [0.3, 0.4) is 0 Å². The molecule has 0 bridgehead atoms. The summed E-state index contributed by atoms with van der Waals surface area (Å²) in [5.41, 5.74) is 0. The highest BCUT2D eigenvalue weighted by Gasteiger charge is 2.14. The second kappa shape index (κ2) is 3.74. The molecule has 0 radical (unpaired) electrons. The Kier molecular flexibility index (Phi) is 3.64. The van der Waals surface area contributed by atoms with Gasteiger partial charge in [0.15, 0.2) is 0 Å². The number of alkyl halides is 2. The maximum atomic E-state index is 11.3. The first-order valence-electron chi connectivity index (χ1n) is 2.29. The molecule has 0 aromatic rings. The summed E-state index contributed by atoms with van der Waals surface area (Å²) in [4.78, 5) is 0. The van der Waals surface area contributed by atoms with Crippen LogP contribution in [0.4, 0.5) is 8.78 Å². The van der Waals surface area contributed by atoms with Gasteiger partial charge < -0.3 is 10.4 Å². The smallest absolute Gasteiger partial charge is 0.265 e. The number of aliphatic hydroxyl groups is 1. The van der Waals surface area contributed by atoms with Gasteiger partial charge in [0.2, 0.25) is 0 Å². The van der Waals surface area contributed by atoms with E-state index in [1.165, 1.54) is 7.05 Å². The van der Waals surface area contributed by atoms with E-state index >= 15 is 0 Å². The molecule has 1 atom stereocenters. The topological polar surface area (TPSA) is 32.3 Å². The van der Waals surface area contributed by atoms with Crippen molar-refractivity contribution in [3.8, 4) is 0 Å². The Labute approximate surface area is 46.5 Å². The van der Waals surface area contributed by atoms with Gasteiger partial charge >= 0.3 is 0 Å². The van der Waals surface area contributed by atoms with E-state index in [4.69, 9.17) is 5.11 Å². The number of nitrogens with one attached hydrogen (secondary N) is 1. The Hall–Kier alpha value is -0.220. The number of hydrogen-bond donors (Lipinski definition) is 2. The molecule has 0 saturated carbocycles. The van der Waals surface area contributed by atoms with Crippen molar-refractivity contribution < 1.29 is 13.9 Å². The number of likely N-dealkylation sites (N-methyl/N-ethyl adjacent to an activating group) is 1. The van der Waals surface area contributed by atoms with Gasteiger partial charge in [-0.15, -0.1) is 0 Å². The molecular weight excluding hydrogens is 116 g/mol. The van der Waals surface area contributed by atoms with E-state index in [-0.39, 0.29) is 6.54 Å². The van der Waals surface area contributed by atoms with Crippen molar-refractivity contribution in [3.05, 3.63) is 0 Å². The molecule has 0 aliphatic rings. The zero-order valence-electron chi connectivity index (χ0n) is 4.56. The van der Waals surface area contributed by atoms with E-state index in [1.807, 2.05) is 0 Å². The molecule has 0 fully saturated rings. The van der Waals surface area contributed by atoms with Crippen LogP contribution in [0.2, 0.25) is 0 Å². The van der Waals surface area contributed by atoms with Crippen LogP contribution in [-0.2, 0) is 0 Å². The van der Waals surface area contributed by atoms with Gasteiger partial charge in [-0.3, -0.25) is 0 Å². The molecule has 0 aromatic heterocycles. The van der Waals surface area contributed by atoms with Crippen molar-refractivity contribution in [2.24, 2.45) is 0 Å². The molecule has 0 aliphatic heterocycles. The maximum absolute atomic E-state index is 11.3. The fourth-order valence-electron chi connectivity index (χ4n) is 0.298. The first-order chi connectivity index (χ1) is 3.68. The molecular formula is C4H9F2NO. The first-order valence-corrected chi connectivity index (χ1v) is 2.29. The third-order valence-electron chi connectivity index (χ3n) is 0.704. The van der Waals surface area contributed by atoms with Gasteiger partial charge in [0, 0.05) is 6.54 Å². The van der Waals surface area contributed by atoms with Gasteiger partial charge in [0.1, 0.15) is 6.10 Å². The van der Waals surface area contributed by atoms with E-state index in [1.54, 1.807) is 0 Å². The Morgan fingerprint density at radius 3 is 2.25 bits per heavy atom. The number of aliphatic hydroxyl groups excluding tert-OH is 1. The number of rotatable bonds is 3. The van der Waals surface area contributed by atoms with Crippen LogP contribution in [0.5, 0.6) is 0 Å². The van der Waals surface area contributed by atoms with Gasteiger partial charge in [0.25, 0.3) is 6.43 Å². The van der Waals surface area contributed by atoms with Crippen molar-refractivity contribution in [1.29, 1.82) is 0 Å². The second-order valence-electron chi connectivity index (χ2n) is 1.46. The lowest BCUT2D eigenvalue weighted by Crippen LogP contribution is -2.29. The minimum Gasteiger partial charge on any atom is -0.386 e. The molecule has 0 amide bonds. The highest BCUT2D eigenvalue weighted by atomic mass is 19.3. The van der Waals surface area contributed by atoms with Crippen molar-refractivity contribution in [2.75, 3.05) is 13.6 Å². The summed E-state index contributed by atoms with van der Waals surface area (Å²) in [6.07, 6.45) is -4.16. The Balaban J connectivity index is 3.17. The molecule has 50 valence electrons. The van der Waals surface area contributed by atoms with Crippen molar-refractivity contribution in [1.82, 2.24) is 5.32 Å². The summed E-state index contributed by atoms with van der Waals surface area (Å²) in [7, 11) is 1.51. The highest BCUT2D eigenvalue weighted by Crippen LogP contribution is 1.97. The molecule has 0 saturated heterocycles. The molecule has 1 unspecified atom stereocenters. The zero-order valence-corrected chi connectivity index (χ0v) is 4.56. The van der Waals surface area contributed by atoms with E-state index in [2.05, 4.69) is 5.32 Å². The monoisotopic (exact) mass is 125 g/mol. The summed E-state index contributed by atoms with van der Waals surface area (Å²) < 4.78 is 22.7. The predicted octanol–water partition coefficient (Wildman–Crippen LogP) is -0.168. The zero-order chi connectivity index (χ0) is 6.57. The van der Waals surface area contributed by atoms with Crippen LogP contribution in [0.1, 0.15) is 0 Å². The average molecular weight is 125 g/mol. The van der Waals surface area contributed by atoms with Crippen LogP contribution in [0.25, 0.3) is 0 Å². The molecule has 0 aliphatic carbocycles. The van der Waals surface area contributed by atoms with Gasteiger partial charge in [-0.25, -0.2) is 8.78 Å². The van der Waals surface area contributed by atoms with Crippen molar-refractivity contribution in [2.45, 2.75) is 12.5 Å².